The molecule has 1 atom stereocenters. The minimum atomic E-state index is -0.382. The van der Waals surface area contributed by atoms with Gasteiger partial charge in [-0.05, 0) is 54.1 Å². The van der Waals surface area contributed by atoms with E-state index >= 15 is 0 Å². The van der Waals surface area contributed by atoms with Gasteiger partial charge in [-0.15, -0.1) is 0 Å². The summed E-state index contributed by atoms with van der Waals surface area (Å²) in [6.07, 6.45) is 8.61. The first kappa shape index (κ1) is 20.8. The van der Waals surface area contributed by atoms with Crippen LogP contribution in [0, 0.1) is 5.41 Å². The molecule has 0 radical (unpaired) electrons. The lowest BCUT2D eigenvalue weighted by Gasteiger charge is -2.31. The van der Waals surface area contributed by atoms with E-state index in [2.05, 4.69) is 46.3 Å². The van der Waals surface area contributed by atoms with E-state index in [4.69, 9.17) is 4.74 Å². The van der Waals surface area contributed by atoms with Gasteiger partial charge in [0.1, 0.15) is 0 Å². The minimum absolute atomic E-state index is 0.227. The van der Waals surface area contributed by atoms with Crippen molar-refractivity contribution in [2.24, 2.45) is 5.41 Å². The van der Waals surface area contributed by atoms with Gasteiger partial charge in [-0.2, -0.15) is 0 Å². The predicted octanol–water partition coefficient (Wildman–Crippen LogP) is 3.42. The normalized spacial score (nSPS) is 22.0. The van der Waals surface area contributed by atoms with Gasteiger partial charge in [0.15, 0.2) is 0 Å². The fourth-order valence-electron chi connectivity index (χ4n) is 4.75. The zero-order chi connectivity index (χ0) is 21.0. The quantitative estimate of drug-likeness (QED) is 0.691. The standard InChI is InChI=1S/C25H31N3O2/c1-27(2)24(29)25(10-12-28(19-25)17-21-7-5-13-30-18-21)15-20-6-3-8-22(14-20)23-9-4-11-26-16-23/h3-4,6-9,11,14,16H,5,10,12-13,15,17-19H2,1-2H3/t25-/m0/s1. The molecule has 1 amide bonds. The SMILES string of the molecule is CN(C)C(=O)[C@]1(Cc2cccc(-c3cccnc3)c2)CCN(CC2=CCCOC2)C1. The molecule has 0 N–H and O–H groups in total. The molecule has 5 heteroatoms. The van der Waals surface area contributed by atoms with Crippen LogP contribution in [0.15, 0.2) is 60.4 Å². The van der Waals surface area contributed by atoms with Crippen molar-refractivity contribution in [3.05, 3.63) is 66.0 Å². The summed E-state index contributed by atoms with van der Waals surface area (Å²) in [7, 11) is 3.74. The second kappa shape index (κ2) is 9.11. The highest BCUT2D eigenvalue weighted by Crippen LogP contribution is 2.37. The molecular weight excluding hydrogens is 374 g/mol. The molecule has 1 aromatic heterocycles. The van der Waals surface area contributed by atoms with E-state index in [1.54, 1.807) is 11.1 Å². The van der Waals surface area contributed by atoms with E-state index < -0.39 is 0 Å². The van der Waals surface area contributed by atoms with E-state index in [0.29, 0.717) is 0 Å². The summed E-state index contributed by atoms with van der Waals surface area (Å²) in [5, 5.41) is 0. The van der Waals surface area contributed by atoms with Gasteiger partial charge in [-0.1, -0.05) is 36.4 Å². The highest BCUT2D eigenvalue weighted by Gasteiger charge is 2.45. The number of hydrogen-bond acceptors (Lipinski definition) is 4. The van der Waals surface area contributed by atoms with Crippen molar-refractivity contribution in [2.45, 2.75) is 19.3 Å². The first-order chi connectivity index (χ1) is 14.6. The third-order valence-corrected chi connectivity index (χ3v) is 6.17. The Balaban J connectivity index is 1.55. The maximum absolute atomic E-state index is 13.3. The van der Waals surface area contributed by atoms with Crippen molar-refractivity contribution in [1.82, 2.24) is 14.8 Å². The van der Waals surface area contributed by atoms with Crippen LogP contribution in [0.5, 0.6) is 0 Å². The molecule has 1 aromatic carbocycles. The second-order valence-electron chi connectivity index (χ2n) is 8.76. The predicted molar refractivity (Wildman–Crippen MR) is 119 cm³/mol. The first-order valence-electron chi connectivity index (χ1n) is 10.7. The number of carbonyl (C=O) groups excluding carboxylic acids is 1. The van der Waals surface area contributed by atoms with Gasteiger partial charge in [0.05, 0.1) is 18.6 Å². The number of aromatic nitrogens is 1. The molecule has 0 saturated carbocycles. The fraction of sp³-hybridized carbons (Fsp3) is 0.440. The zero-order valence-corrected chi connectivity index (χ0v) is 18.0. The molecule has 0 unspecified atom stereocenters. The Morgan fingerprint density at radius 3 is 2.83 bits per heavy atom. The monoisotopic (exact) mass is 405 g/mol. The Kier molecular flexibility index (Phi) is 6.30. The number of benzene rings is 1. The average Bonchev–Trinajstić information content (AvgIpc) is 3.18. The van der Waals surface area contributed by atoms with Crippen LogP contribution in [0.1, 0.15) is 18.4 Å². The number of likely N-dealkylation sites (tertiary alicyclic amines) is 1. The van der Waals surface area contributed by atoms with Crippen molar-refractivity contribution in [1.29, 1.82) is 0 Å². The number of amides is 1. The Hall–Kier alpha value is -2.50. The third kappa shape index (κ3) is 4.63. The molecule has 2 aliphatic rings. The molecule has 30 heavy (non-hydrogen) atoms. The van der Waals surface area contributed by atoms with Crippen molar-refractivity contribution in [3.63, 3.8) is 0 Å². The van der Waals surface area contributed by atoms with E-state index in [-0.39, 0.29) is 11.3 Å². The zero-order valence-electron chi connectivity index (χ0n) is 18.0. The molecule has 3 heterocycles. The lowest BCUT2D eigenvalue weighted by atomic mass is 9.79. The Bertz CT molecular complexity index is 910. The van der Waals surface area contributed by atoms with Crippen LogP contribution in [0.2, 0.25) is 0 Å². The summed E-state index contributed by atoms with van der Waals surface area (Å²) in [5.41, 5.74) is 4.41. The van der Waals surface area contributed by atoms with E-state index in [9.17, 15) is 4.79 Å². The number of carbonyl (C=O) groups is 1. The van der Waals surface area contributed by atoms with Crippen LogP contribution in [-0.4, -0.2) is 67.6 Å². The lowest BCUT2D eigenvalue weighted by molar-refractivity contribution is -0.138. The average molecular weight is 406 g/mol. The summed E-state index contributed by atoms with van der Waals surface area (Å²) < 4.78 is 5.61. The minimum Gasteiger partial charge on any atom is -0.377 e. The lowest BCUT2D eigenvalue weighted by Crippen LogP contribution is -2.44. The topological polar surface area (TPSA) is 45.7 Å². The smallest absolute Gasteiger partial charge is 0.229 e. The van der Waals surface area contributed by atoms with Gasteiger partial charge in [-0.25, -0.2) is 0 Å². The Morgan fingerprint density at radius 1 is 1.23 bits per heavy atom. The van der Waals surface area contributed by atoms with Crippen molar-refractivity contribution in [2.75, 3.05) is 46.9 Å². The van der Waals surface area contributed by atoms with Crippen LogP contribution in [0.4, 0.5) is 0 Å². The molecule has 2 aromatic rings. The molecule has 158 valence electrons. The summed E-state index contributed by atoms with van der Waals surface area (Å²) in [6.45, 7) is 4.17. The van der Waals surface area contributed by atoms with Gasteiger partial charge >= 0.3 is 0 Å². The van der Waals surface area contributed by atoms with Crippen molar-refractivity contribution in [3.8, 4) is 11.1 Å². The molecule has 5 nitrogen and oxygen atoms in total. The van der Waals surface area contributed by atoms with Crippen LogP contribution in [0.25, 0.3) is 11.1 Å². The molecule has 0 spiro atoms. The number of hydrogen-bond donors (Lipinski definition) is 0. The number of rotatable bonds is 6. The second-order valence-corrected chi connectivity index (χ2v) is 8.76. The summed E-state index contributed by atoms with van der Waals surface area (Å²) in [6, 6.07) is 12.6. The van der Waals surface area contributed by atoms with E-state index in [0.717, 1.165) is 63.2 Å². The molecule has 2 aliphatic heterocycles. The summed E-state index contributed by atoms with van der Waals surface area (Å²) in [4.78, 5) is 21.7. The van der Waals surface area contributed by atoms with E-state index in [1.165, 1.54) is 11.1 Å². The Labute approximate surface area is 179 Å². The molecule has 0 bridgehead atoms. The number of nitrogens with zero attached hydrogens (tertiary/aromatic N) is 3. The third-order valence-electron chi connectivity index (χ3n) is 6.17. The molecule has 1 fully saturated rings. The summed E-state index contributed by atoms with van der Waals surface area (Å²) >= 11 is 0. The Morgan fingerprint density at radius 2 is 2.10 bits per heavy atom. The van der Waals surface area contributed by atoms with E-state index in [1.807, 2.05) is 26.4 Å². The first-order valence-corrected chi connectivity index (χ1v) is 10.7. The largest absolute Gasteiger partial charge is 0.377 e. The maximum Gasteiger partial charge on any atom is 0.229 e. The van der Waals surface area contributed by atoms with Gasteiger partial charge in [-0.3, -0.25) is 14.7 Å². The molecular formula is C25H31N3O2. The molecule has 4 rings (SSSR count). The van der Waals surface area contributed by atoms with Gasteiger partial charge < -0.3 is 9.64 Å². The molecule has 0 aliphatic carbocycles. The molecule has 1 saturated heterocycles. The van der Waals surface area contributed by atoms with Crippen LogP contribution in [-0.2, 0) is 16.0 Å². The van der Waals surface area contributed by atoms with Crippen LogP contribution in [0.3, 0.4) is 0 Å². The van der Waals surface area contributed by atoms with Gasteiger partial charge in [0, 0.05) is 39.6 Å². The fourth-order valence-corrected chi connectivity index (χ4v) is 4.75. The van der Waals surface area contributed by atoms with Crippen LogP contribution >= 0.6 is 0 Å². The van der Waals surface area contributed by atoms with Crippen molar-refractivity contribution >= 4 is 5.91 Å². The van der Waals surface area contributed by atoms with Gasteiger partial charge in [0.25, 0.3) is 0 Å². The maximum atomic E-state index is 13.3. The van der Waals surface area contributed by atoms with Gasteiger partial charge in [0.2, 0.25) is 5.91 Å². The highest BCUT2D eigenvalue weighted by molar-refractivity contribution is 5.83. The number of ether oxygens (including phenoxy) is 1. The van der Waals surface area contributed by atoms with Crippen molar-refractivity contribution < 1.29 is 9.53 Å². The number of pyridine rings is 1. The van der Waals surface area contributed by atoms with Crippen LogP contribution < -0.4 is 0 Å². The highest BCUT2D eigenvalue weighted by atomic mass is 16.5. The summed E-state index contributed by atoms with van der Waals surface area (Å²) in [5.74, 6) is 0.227.